The van der Waals surface area contributed by atoms with Crippen LogP contribution in [0.25, 0.3) is 11.1 Å². The van der Waals surface area contributed by atoms with Crippen LogP contribution < -0.4 is 15.1 Å². The number of piperidine rings is 1. The molecule has 0 saturated carbocycles. The van der Waals surface area contributed by atoms with E-state index in [2.05, 4.69) is 10.3 Å². The van der Waals surface area contributed by atoms with Gasteiger partial charge in [-0.05, 0) is 43.2 Å². The van der Waals surface area contributed by atoms with E-state index in [4.69, 9.17) is 8.92 Å². The van der Waals surface area contributed by atoms with Crippen LogP contribution in [0.5, 0.6) is 0 Å². The van der Waals surface area contributed by atoms with Crippen LogP contribution >= 0.6 is 0 Å². The predicted molar refractivity (Wildman–Crippen MR) is 127 cm³/mol. The molecule has 4 rings (SSSR count). The Balaban J connectivity index is 1.39. The minimum atomic E-state index is -3.48. The first-order valence-electron chi connectivity index (χ1n) is 11.2. The number of nitrogens with one attached hydrogen (secondary N) is 1. The number of nitrogens with zero attached hydrogens (tertiary/aromatic N) is 3. The van der Waals surface area contributed by atoms with Crippen molar-refractivity contribution in [2.75, 3.05) is 42.2 Å². The third-order valence-corrected chi connectivity index (χ3v) is 6.47. The van der Waals surface area contributed by atoms with Crippen LogP contribution in [0.3, 0.4) is 0 Å². The van der Waals surface area contributed by atoms with E-state index in [1.165, 1.54) is 17.9 Å². The molecule has 0 unspecified atom stereocenters. The number of ether oxygens (including phenoxy) is 1. The number of amides is 2. The predicted octanol–water partition coefficient (Wildman–Crippen LogP) is 2.29. The molecule has 0 bridgehead atoms. The summed E-state index contributed by atoms with van der Waals surface area (Å²) in [5.41, 5.74) is 1.29. The van der Waals surface area contributed by atoms with Crippen LogP contribution in [0.1, 0.15) is 19.8 Å². The number of carbonyl (C=O) groups excluding carboxylic acids is 2. The summed E-state index contributed by atoms with van der Waals surface area (Å²) in [4.78, 5) is 31.1. The van der Waals surface area contributed by atoms with Crippen molar-refractivity contribution in [3.8, 4) is 11.1 Å². The Kier molecular flexibility index (Phi) is 7.22. The van der Waals surface area contributed by atoms with Gasteiger partial charge in [0.05, 0.1) is 31.1 Å². The van der Waals surface area contributed by atoms with Crippen molar-refractivity contribution in [1.29, 1.82) is 0 Å². The van der Waals surface area contributed by atoms with Gasteiger partial charge in [-0.3, -0.25) is 13.9 Å². The highest BCUT2D eigenvalue weighted by Gasteiger charge is 2.32. The van der Waals surface area contributed by atoms with Crippen molar-refractivity contribution in [1.82, 2.24) is 10.3 Å². The van der Waals surface area contributed by atoms with Crippen LogP contribution in [-0.4, -0.2) is 70.0 Å². The molecule has 0 radical (unpaired) electrons. The lowest BCUT2D eigenvalue weighted by atomic mass is 10.1. The zero-order valence-electron chi connectivity index (χ0n) is 19.4. The number of carbonyl (C=O) groups is 2. The quantitative estimate of drug-likeness (QED) is 0.569. The Bertz CT molecular complexity index is 1200. The molecule has 2 fully saturated rings. The smallest absolute Gasteiger partial charge is 0.414 e. The lowest BCUT2D eigenvalue weighted by Gasteiger charge is -2.32. The van der Waals surface area contributed by atoms with Gasteiger partial charge in [0.25, 0.3) is 10.1 Å². The molecule has 35 heavy (non-hydrogen) atoms. The molecule has 2 amide bonds. The first-order valence-corrected chi connectivity index (χ1v) is 13.0. The first-order chi connectivity index (χ1) is 16.6. The van der Waals surface area contributed by atoms with Gasteiger partial charge in [0.1, 0.15) is 17.7 Å². The SMILES string of the molecule is CC(=O)NC[C@H]1CN(c2ccc(-c3ccc(N4CCC(OS(C)(=O)=O)CC4)nc3)c(F)c2)C(=O)O1. The van der Waals surface area contributed by atoms with Gasteiger partial charge in [-0.1, -0.05) is 0 Å². The van der Waals surface area contributed by atoms with Crippen molar-refractivity contribution in [2.45, 2.75) is 32.0 Å². The number of benzene rings is 1. The van der Waals surface area contributed by atoms with Crippen LogP contribution in [0.4, 0.5) is 20.7 Å². The Morgan fingerprint density at radius 1 is 1.26 bits per heavy atom. The van der Waals surface area contributed by atoms with Crippen molar-refractivity contribution in [3.63, 3.8) is 0 Å². The van der Waals surface area contributed by atoms with E-state index in [-0.39, 0.29) is 25.1 Å². The van der Waals surface area contributed by atoms with Gasteiger partial charge in [-0.2, -0.15) is 8.42 Å². The summed E-state index contributed by atoms with van der Waals surface area (Å²) in [6.07, 6.45) is 2.33. The second-order valence-electron chi connectivity index (χ2n) is 8.61. The third-order valence-electron chi connectivity index (χ3n) is 5.85. The number of hydrogen-bond acceptors (Lipinski definition) is 8. The Labute approximate surface area is 203 Å². The second kappa shape index (κ2) is 10.2. The molecular weight excluding hydrogens is 479 g/mol. The van der Waals surface area contributed by atoms with Gasteiger partial charge in [0.2, 0.25) is 5.91 Å². The average molecular weight is 507 g/mol. The van der Waals surface area contributed by atoms with Crippen LogP contribution in [-0.2, 0) is 23.8 Å². The maximum absolute atomic E-state index is 15.0. The number of hydrogen-bond donors (Lipinski definition) is 1. The summed E-state index contributed by atoms with van der Waals surface area (Å²) < 4.78 is 47.9. The highest BCUT2D eigenvalue weighted by molar-refractivity contribution is 7.86. The van der Waals surface area contributed by atoms with Crippen LogP contribution in [0.2, 0.25) is 0 Å². The molecule has 1 N–H and O–H groups in total. The fourth-order valence-electron chi connectivity index (χ4n) is 4.16. The number of anilines is 2. The molecule has 2 aliphatic heterocycles. The van der Waals surface area contributed by atoms with E-state index in [0.717, 1.165) is 6.26 Å². The maximum Gasteiger partial charge on any atom is 0.414 e. The number of aromatic nitrogens is 1. The standard InChI is InChI=1S/C23H27FN4O6S/c1-15(29)25-13-19-14-28(23(30)33-19)17-4-5-20(21(24)11-17)16-3-6-22(26-12-16)27-9-7-18(8-10-27)34-35(2,31)32/h3-6,11-12,18-19H,7-10,13-14H2,1-2H3,(H,25,29)/t19-/m0/s1. The highest BCUT2D eigenvalue weighted by Crippen LogP contribution is 2.30. The summed E-state index contributed by atoms with van der Waals surface area (Å²) in [7, 11) is -3.48. The van der Waals surface area contributed by atoms with Gasteiger partial charge in [-0.25, -0.2) is 14.2 Å². The van der Waals surface area contributed by atoms with Gasteiger partial charge >= 0.3 is 6.09 Å². The molecule has 1 aromatic carbocycles. The van der Waals surface area contributed by atoms with Crippen LogP contribution in [0.15, 0.2) is 36.5 Å². The van der Waals surface area contributed by atoms with E-state index < -0.39 is 28.1 Å². The van der Waals surface area contributed by atoms with Crippen molar-refractivity contribution in [3.05, 3.63) is 42.3 Å². The van der Waals surface area contributed by atoms with Gasteiger partial charge in [-0.15, -0.1) is 0 Å². The molecule has 2 aromatic rings. The van der Waals surface area contributed by atoms with E-state index in [1.54, 1.807) is 30.5 Å². The van der Waals surface area contributed by atoms with Crippen molar-refractivity contribution >= 4 is 33.6 Å². The van der Waals surface area contributed by atoms with Crippen molar-refractivity contribution < 1.29 is 31.3 Å². The third kappa shape index (κ3) is 6.25. The monoisotopic (exact) mass is 506 g/mol. The van der Waals surface area contributed by atoms with Crippen LogP contribution in [0, 0.1) is 5.82 Å². The van der Waals surface area contributed by atoms with E-state index in [9.17, 15) is 22.4 Å². The molecular formula is C23H27FN4O6S. The molecule has 12 heteroatoms. The molecule has 188 valence electrons. The van der Waals surface area contributed by atoms with Gasteiger partial charge in [0, 0.05) is 37.3 Å². The van der Waals surface area contributed by atoms with Crippen molar-refractivity contribution in [2.24, 2.45) is 0 Å². The Hall–Kier alpha value is -3.25. The molecule has 2 aliphatic rings. The summed E-state index contributed by atoms with van der Waals surface area (Å²) in [6, 6.07) is 8.07. The molecule has 2 saturated heterocycles. The normalized spacial score (nSPS) is 19.1. The molecule has 10 nitrogen and oxygen atoms in total. The zero-order chi connectivity index (χ0) is 25.2. The summed E-state index contributed by atoms with van der Waals surface area (Å²) in [5.74, 6) is -0.0116. The Morgan fingerprint density at radius 2 is 2.00 bits per heavy atom. The van der Waals surface area contributed by atoms with E-state index in [1.807, 2.05) is 4.90 Å². The number of rotatable bonds is 7. The molecule has 0 aliphatic carbocycles. The number of cyclic esters (lactones) is 1. The summed E-state index contributed by atoms with van der Waals surface area (Å²) >= 11 is 0. The zero-order valence-corrected chi connectivity index (χ0v) is 20.3. The topological polar surface area (TPSA) is 118 Å². The lowest BCUT2D eigenvalue weighted by Crippen LogP contribution is -2.38. The lowest BCUT2D eigenvalue weighted by molar-refractivity contribution is -0.119. The highest BCUT2D eigenvalue weighted by atomic mass is 32.2. The van der Waals surface area contributed by atoms with E-state index in [0.29, 0.717) is 48.6 Å². The second-order valence-corrected chi connectivity index (χ2v) is 10.2. The summed E-state index contributed by atoms with van der Waals surface area (Å²) in [5, 5.41) is 2.60. The van der Waals surface area contributed by atoms with E-state index >= 15 is 0 Å². The molecule has 1 atom stereocenters. The average Bonchev–Trinajstić information content (AvgIpc) is 3.18. The maximum atomic E-state index is 15.0. The van der Waals surface area contributed by atoms with Gasteiger partial charge < -0.3 is 15.0 Å². The van der Waals surface area contributed by atoms with Gasteiger partial charge in [0.15, 0.2) is 0 Å². The minimum absolute atomic E-state index is 0.193. The minimum Gasteiger partial charge on any atom is -0.442 e. The Morgan fingerprint density at radius 3 is 2.60 bits per heavy atom. The fourth-order valence-corrected chi connectivity index (χ4v) is 4.85. The largest absolute Gasteiger partial charge is 0.442 e. The number of pyridine rings is 1. The molecule has 0 spiro atoms. The molecule has 3 heterocycles. The molecule has 1 aromatic heterocycles. The first kappa shape index (κ1) is 24.9. The number of halogens is 1. The fraction of sp³-hybridized carbons (Fsp3) is 0.435. The summed E-state index contributed by atoms with van der Waals surface area (Å²) in [6.45, 7) is 2.98.